The van der Waals surface area contributed by atoms with Crippen LogP contribution in [0, 0.1) is 0 Å². The fourth-order valence-electron chi connectivity index (χ4n) is 5.55. The fraction of sp³-hybridized carbons (Fsp3) is 0.500. The third-order valence-corrected chi connectivity index (χ3v) is 7.63. The second-order valence-electron chi connectivity index (χ2n) is 9.80. The minimum atomic E-state index is -0.0608. The second kappa shape index (κ2) is 11.4. The molecule has 1 fully saturated rings. The van der Waals surface area contributed by atoms with Crippen LogP contribution in [0.3, 0.4) is 0 Å². The number of amides is 1. The van der Waals surface area contributed by atoms with Crippen LogP contribution < -0.4 is 5.32 Å². The van der Waals surface area contributed by atoms with E-state index in [1.54, 1.807) is 6.26 Å². The first kappa shape index (κ1) is 24.1. The van der Waals surface area contributed by atoms with Crippen LogP contribution in [-0.2, 0) is 19.5 Å². The summed E-state index contributed by atoms with van der Waals surface area (Å²) in [6.45, 7) is 3.33. The van der Waals surface area contributed by atoms with Gasteiger partial charge in [-0.25, -0.2) is 4.98 Å². The van der Waals surface area contributed by atoms with Gasteiger partial charge in [0.25, 0.3) is 5.91 Å². The highest BCUT2D eigenvalue weighted by Crippen LogP contribution is 2.28. The highest BCUT2D eigenvalue weighted by Gasteiger charge is 2.25. The summed E-state index contributed by atoms with van der Waals surface area (Å²) in [5, 5.41) is 3.86. The van der Waals surface area contributed by atoms with E-state index in [4.69, 9.17) is 21.0 Å². The number of aromatic nitrogens is 2. The van der Waals surface area contributed by atoms with Crippen molar-refractivity contribution in [2.75, 3.05) is 13.1 Å². The van der Waals surface area contributed by atoms with E-state index in [0.717, 1.165) is 68.2 Å². The molecule has 5 rings (SSSR count). The normalized spacial score (nSPS) is 16.4. The van der Waals surface area contributed by atoms with Crippen molar-refractivity contribution in [2.24, 2.45) is 0 Å². The molecular formula is C28H35ClN4O2. The van der Waals surface area contributed by atoms with Crippen molar-refractivity contribution in [1.29, 1.82) is 0 Å². The standard InChI is InChI=1S/C28H35ClN4O2/c29-22-14-12-21(13-15-22)27-31-26(25-11-2-1-5-18-33(25)27)28(34)30-16-7-17-32(23-8-3-4-9-23)20-24-10-6-19-35-24/h6,10,12-15,19,23H,1-5,7-9,11,16-18,20H2,(H,30,34). The number of furan rings is 1. The highest BCUT2D eigenvalue weighted by molar-refractivity contribution is 6.30. The molecule has 1 aliphatic heterocycles. The van der Waals surface area contributed by atoms with E-state index in [-0.39, 0.29) is 5.91 Å². The Bertz CT molecular complexity index is 1100. The number of fused-ring (bicyclic) bond motifs is 1. The minimum Gasteiger partial charge on any atom is -0.468 e. The van der Waals surface area contributed by atoms with Gasteiger partial charge >= 0.3 is 0 Å². The molecule has 1 N–H and O–H groups in total. The maximum Gasteiger partial charge on any atom is 0.271 e. The van der Waals surface area contributed by atoms with Crippen molar-refractivity contribution in [2.45, 2.75) is 76.9 Å². The number of hydrogen-bond acceptors (Lipinski definition) is 4. The molecule has 0 spiro atoms. The Morgan fingerprint density at radius 3 is 2.71 bits per heavy atom. The maximum absolute atomic E-state index is 13.2. The second-order valence-corrected chi connectivity index (χ2v) is 10.2. The van der Waals surface area contributed by atoms with Crippen LogP contribution in [0.4, 0.5) is 0 Å². The SMILES string of the molecule is O=C(NCCCN(Cc1ccco1)C1CCCC1)c1nc(-c2ccc(Cl)cc2)n2c1CCCCC2. The van der Waals surface area contributed by atoms with Gasteiger partial charge in [-0.2, -0.15) is 0 Å². The molecule has 186 valence electrons. The van der Waals surface area contributed by atoms with Crippen molar-refractivity contribution >= 4 is 17.5 Å². The summed E-state index contributed by atoms with van der Waals surface area (Å²) < 4.78 is 7.85. The van der Waals surface area contributed by atoms with Crippen molar-refractivity contribution < 1.29 is 9.21 Å². The summed E-state index contributed by atoms with van der Waals surface area (Å²) in [4.78, 5) is 20.6. The van der Waals surface area contributed by atoms with E-state index in [0.29, 0.717) is 23.3 Å². The number of carbonyl (C=O) groups is 1. The van der Waals surface area contributed by atoms with E-state index >= 15 is 0 Å². The van der Waals surface area contributed by atoms with Crippen molar-refractivity contribution in [3.8, 4) is 11.4 Å². The van der Waals surface area contributed by atoms with Crippen LogP contribution in [-0.4, -0.2) is 39.5 Å². The molecule has 6 nitrogen and oxygen atoms in total. The molecule has 0 unspecified atom stereocenters. The van der Waals surface area contributed by atoms with Gasteiger partial charge in [0, 0.05) is 36.3 Å². The van der Waals surface area contributed by atoms with Gasteiger partial charge in [0.2, 0.25) is 0 Å². The van der Waals surface area contributed by atoms with Crippen molar-refractivity contribution in [3.05, 3.63) is 64.8 Å². The highest BCUT2D eigenvalue weighted by atomic mass is 35.5. The summed E-state index contributed by atoms with van der Waals surface area (Å²) in [6, 6.07) is 12.4. The lowest BCUT2D eigenvalue weighted by atomic mass is 10.1. The lowest BCUT2D eigenvalue weighted by Gasteiger charge is -2.28. The van der Waals surface area contributed by atoms with Crippen LogP contribution in [0.1, 0.15) is 73.3 Å². The van der Waals surface area contributed by atoms with Crippen molar-refractivity contribution in [1.82, 2.24) is 19.8 Å². The average Bonchev–Trinajstić information content (AvgIpc) is 3.61. The fourth-order valence-corrected chi connectivity index (χ4v) is 5.68. The van der Waals surface area contributed by atoms with Gasteiger partial charge in [-0.3, -0.25) is 9.69 Å². The number of benzene rings is 1. The zero-order valence-corrected chi connectivity index (χ0v) is 21.1. The Labute approximate surface area is 212 Å². The molecule has 0 saturated heterocycles. The summed E-state index contributed by atoms with van der Waals surface area (Å²) in [6.07, 6.45) is 12.0. The third kappa shape index (κ3) is 5.81. The smallest absolute Gasteiger partial charge is 0.271 e. The lowest BCUT2D eigenvalue weighted by molar-refractivity contribution is 0.0943. The monoisotopic (exact) mass is 494 g/mol. The first-order valence-electron chi connectivity index (χ1n) is 13.1. The maximum atomic E-state index is 13.2. The van der Waals surface area contributed by atoms with E-state index in [1.165, 1.54) is 32.1 Å². The summed E-state index contributed by atoms with van der Waals surface area (Å²) >= 11 is 6.10. The third-order valence-electron chi connectivity index (χ3n) is 7.37. The Morgan fingerprint density at radius 2 is 1.94 bits per heavy atom. The summed E-state index contributed by atoms with van der Waals surface area (Å²) in [5.74, 6) is 1.82. The average molecular weight is 495 g/mol. The van der Waals surface area contributed by atoms with Gasteiger partial charge in [-0.15, -0.1) is 0 Å². The molecule has 0 atom stereocenters. The Hall–Kier alpha value is -2.57. The molecule has 0 bridgehead atoms. The summed E-state index contributed by atoms with van der Waals surface area (Å²) in [7, 11) is 0. The van der Waals surface area contributed by atoms with Crippen LogP contribution in [0.2, 0.25) is 5.02 Å². The van der Waals surface area contributed by atoms with Gasteiger partial charge in [0.1, 0.15) is 17.3 Å². The van der Waals surface area contributed by atoms with E-state index in [9.17, 15) is 4.79 Å². The molecule has 2 aromatic heterocycles. The topological polar surface area (TPSA) is 63.3 Å². The molecule has 7 heteroatoms. The molecule has 1 aliphatic carbocycles. The predicted molar refractivity (Wildman–Crippen MR) is 139 cm³/mol. The quantitative estimate of drug-likeness (QED) is 0.366. The Kier molecular flexibility index (Phi) is 7.89. The molecule has 3 aromatic rings. The number of imidazole rings is 1. The minimum absolute atomic E-state index is 0.0608. The van der Waals surface area contributed by atoms with Gasteiger partial charge in [-0.1, -0.05) is 30.9 Å². The number of carbonyl (C=O) groups excluding carboxylic acids is 1. The van der Waals surface area contributed by atoms with Crippen molar-refractivity contribution in [3.63, 3.8) is 0 Å². The lowest BCUT2D eigenvalue weighted by Crippen LogP contribution is -2.35. The molecule has 2 aliphatic rings. The Morgan fingerprint density at radius 1 is 1.11 bits per heavy atom. The number of nitrogens with one attached hydrogen (secondary N) is 1. The van der Waals surface area contributed by atoms with Gasteiger partial charge in [-0.05, 0) is 74.9 Å². The van der Waals surface area contributed by atoms with Crippen LogP contribution in [0.15, 0.2) is 47.1 Å². The Balaban J connectivity index is 1.24. The predicted octanol–water partition coefficient (Wildman–Crippen LogP) is 6.09. The van der Waals surface area contributed by atoms with Gasteiger partial charge in [0.05, 0.1) is 18.5 Å². The van der Waals surface area contributed by atoms with Crippen LogP contribution in [0.25, 0.3) is 11.4 Å². The number of nitrogens with zero attached hydrogens (tertiary/aromatic N) is 3. The van der Waals surface area contributed by atoms with Gasteiger partial charge < -0.3 is 14.3 Å². The molecule has 3 heterocycles. The zero-order valence-electron chi connectivity index (χ0n) is 20.3. The largest absolute Gasteiger partial charge is 0.468 e. The molecular weight excluding hydrogens is 460 g/mol. The molecule has 1 amide bonds. The number of hydrogen-bond donors (Lipinski definition) is 1. The molecule has 1 saturated carbocycles. The number of halogens is 1. The van der Waals surface area contributed by atoms with Gasteiger partial charge in [0.15, 0.2) is 0 Å². The van der Waals surface area contributed by atoms with E-state index < -0.39 is 0 Å². The van der Waals surface area contributed by atoms with Crippen LogP contribution >= 0.6 is 11.6 Å². The first-order chi connectivity index (χ1) is 17.2. The molecule has 35 heavy (non-hydrogen) atoms. The summed E-state index contributed by atoms with van der Waals surface area (Å²) in [5.41, 5.74) is 2.65. The zero-order chi connectivity index (χ0) is 24.0. The van der Waals surface area contributed by atoms with E-state index in [1.807, 2.05) is 36.4 Å². The van der Waals surface area contributed by atoms with E-state index in [2.05, 4.69) is 14.8 Å². The van der Waals surface area contributed by atoms with Crippen LogP contribution in [0.5, 0.6) is 0 Å². The molecule has 0 radical (unpaired) electrons. The molecule has 1 aromatic carbocycles. The number of rotatable bonds is 9. The first-order valence-corrected chi connectivity index (χ1v) is 13.5.